The van der Waals surface area contributed by atoms with Crippen molar-refractivity contribution in [3.05, 3.63) is 63.2 Å². The third kappa shape index (κ3) is 9.70. The molecule has 0 aromatic heterocycles. The van der Waals surface area contributed by atoms with E-state index in [2.05, 4.69) is 17.9 Å². The Bertz CT molecular complexity index is 957. The van der Waals surface area contributed by atoms with E-state index < -0.39 is 10.5 Å². The number of halogens is 1. The number of rotatable bonds is 6. The second-order valence-corrected chi connectivity index (χ2v) is 8.31. The van der Waals surface area contributed by atoms with Gasteiger partial charge in [0.15, 0.2) is 0 Å². The van der Waals surface area contributed by atoms with Crippen molar-refractivity contribution >= 4 is 41.6 Å². The van der Waals surface area contributed by atoms with Crippen LogP contribution in [-0.4, -0.2) is 29.1 Å². The van der Waals surface area contributed by atoms with Crippen LogP contribution in [0.15, 0.2) is 47.4 Å². The second-order valence-electron chi connectivity index (χ2n) is 7.42. The summed E-state index contributed by atoms with van der Waals surface area (Å²) in [5, 5.41) is 22.5. The Morgan fingerprint density at radius 2 is 2.00 bits per heavy atom. The van der Waals surface area contributed by atoms with Crippen LogP contribution < -0.4 is 11.1 Å². The number of hydrogen-bond acceptors (Lipinski definition) is 8. The lowest BCUT2D eigenvalue weighted by Crippen LogP contribution is -2.34. The van der Waals surface area contributed by atoms with E-state index in [-0.39, 0.29) is 30.7 Å². The number of benzene rings is 2. The molecule has 0 amide bonds. The standard InChI is InChI=1S/C15H20ClN3O2.C6H5NO2S/c1-15(2,3)21-14(20)7-12(9-18)19-11-5-4-10(8-17)13(16)6-11;8-7(9)5-3-1-2-4-6(5)10/h4-6,12,19H,7,9,18H2,1-3H3;1-4,10H. The van der Waals surface area contributed by atoms with Gasteiger partial charge in [0.25, 0.3) is 5.69 Å². The maximum Gasteiger partial charge on any atom is 0.308 e. The number of nitrogens with two attached hydrogens (primary N) is 1. The van der Waals surface area contributed by atoms with Gasteiger partial charge in [-0.1, -0.05) is 23.7 Å². The number of nitrogens with zero attached hydrogens (tertiary/aromatic N) is 2. The van der Waals surface area contributed by atoms with E-state index in [4.69, 9.17) is 27.3 Å². The number of ether oxygens (including phenoxy) is 1. The van der Waals surface area contributed by atoms with Crippen molar-refractivity contribution in [3.8, 4) is 6.07 Å². The van der Waals surface area contributed by atoms with E-state index in [0.29, 0.717) is 21.2 Å². The predicted octanol–water partition coefficient (Wildman–Crippen LogP) is 4.57. The molecule has 3 N–H and O–H groups in total. The smallest absolute Gasteiger partial charge is 0.308 e. The Morgan fingerprint density at radius 1 is 1.35 bits per heavy atom. The molecule has 0 radical (unpaired) electrons. The van der Waals surface area contributed by atoms with E-state index in [9.17, 15) is 14.9 Å². The molecule has 0 bridgehead atoms. The molecule has 0 saturated carbocycles. The molecule has 2 aromatic rings. The molecule has 0 heterocycles. The highest BCUT2D eigenvalue weighted by molar-refractivity contribution is 7.80. The number of nitro benzene ring substituents is 1. The van der Waals surface area contributed by atoms with E-state index in [1.807, 2.05) is 26.8 Å². The summed E-state index contributed by atoms with van der Waals surface area (Å²) in [6, 6.07) is 13.0. The normalized spacial score (nSPS) is 11.4. The maximum absolute atomic E-state index is 11.8. The van der Waals surface area contributed by atoms with Gasteiger partial charge in [0, 0.05) is 24.3 Å². The van der Waals surface area contributed by atoms with Crippen LogP contribution >= 0.6 is 24.2 Å². The largest absolute Gasteiger partial charge is 0.460 e. The summed E-state index contributed by atoms with van der Waals surface area (Å²) in [5.74, 6) is -0.315. The van der Waals surface area contributed by atoms with Crippen LogP contribution in [0.3, 0.4) is 0 Å². The van der Waals surface area contributed by atoms with E-state index in [0.717, 1.165) is 0 Å². The number of nitro groups is 1. The molecule has 2 rings (SSSR count). The molecular weight excluding hydrogens is 440 g/mol. The Hall–Kier alpha value is -2.80. The molecule has 2 aromatic carbocycles. The summed E-state index contributed by atoms with van der Waals surface area (Å²) in [6.45, 7) is 5.72. The highest BCUT2D eigenvalue weighted by Gasteiger charge is 2.20. The number of anilines is 1. The second kappa shape index (κ2) is 12.2. The predicted molar refractivity (Wildman–Crippen MR) is 123 cm³/mol. The highest BCUT2D eigenvalue weighted by atomic mass is 35.5. The molecule has 1 atom stereocenters. The van der Waals surface area contributed by atoms with Gasteiger partial charge in [-0.2, -0.15) is 5.26 Å². The van der Waals surface area contributed by atoms with Crippen molar-refractivity contribution in [2.45, 2.75) is 43.7 Å². The van der Waals surface area contributed by atoms with Gasteiger partial charge in [-0.3, -0.25) is 14.9 Å². The van der Waals surface area contributed by atoms with Crippen LogP contribution in [0.4, 0.5) is 11.4 Å². The van der Waals surface area contributed by atoms with Gasteiger partial charge >= 0.3 is 5.97 Å². The lowest BCUT2D eigenvalue weighted by Gasteiger charge is -2.22. The summed E-state index contributed by atoms with van der Waals surface area (Å²) in [5.41, 5.74) is 6.31. The first kappa shape index (κ1) is 26.2. The molecule has 0 saturated heterocycles. The van der Waals surface area contributed by atoms with Gasteiger partial charge in [0.05, 0.1) is 26.8 Å². The van der Waals surface area contributed by atoms with Crippen LogP contribution in [0, 0.1) is 21.4 Å². The van der Waals surface area contributed by atoms with Crippen molar-refractivity contribution in [1.29, 1.82) is 5.26 Å². The van der Waals surface area contributed by atoms with Crippen molar-refractivity contribution in [2.75, 3.05) is 11.9 Å². The van der Waals surface area contributed by atoms with Gasteiger partial charge in [-0.15, -0.1) is 12.6 Å². The average molecular weight is 465 g/mol. The van der Waals surface area contributed by atoms with Gasteiger partial charge in [0.1, 0.15) is 11.7 Å². The van der Waals surface area contributed by atoms with Crippen molar-refractivity contribution < 1.29 is 14.5 Å². The molecule has 1 unspecified atom stereocenters. The fourth-order valence-corrected chi connectivity index (χ4v) is 2.79. The summed E-state index contributed by atoms with van der Waals surface area (Å²) >= 11 is 9.86. The number of nitriles is 1. The van der Waals surface area contributed by atoms with Crippen molar-refractivity contribution in [1.82, 2.24) is 0 Å². The molecule has 0 aliphatic rings. The maximum atomic E-state index is 11.8. The first-order valence-corrected chi connectivity index (χ1v) is 10.1. The van der Waals surface area contributed by atoms with Crippen LogP contribution in [0.2, 0.25) is 5.02 Å². The third-order valence-electron chi connectivity index (χ3n) is 3.66. The molecule has 166 valence electrons. The zero-order chi connectivity index (χ0) is 23.6. The van der Waals surface area contributed by atoms with E-state index in [1.54, 1.807) is 36.4 Å². The number of carbonyl (C=O) groups excluding carboxylic acids is 1. The monoisotopic (exact) mass is 464 g/mol. The number of esters is 1. The first-order valence-electron chi connectivity index (χ1n) is 9.27. The van der Waals surface area contributed by atoms with E-state index >= 15 is 0 Å². The summed E-state index contributed by atoms with van der Waals surface area (Å²) in [4.78, 5) is 21.9. The Labute approximate surface area is 191 Å². The summed E-state index contributed by atoms with van der Waals surface area (Å²) in [6.07, 6.45) is 0.158. The average Bonchev–Trinajstić information content (AvgIpc) is 2.66. The number of hydrogen-bond donors (Lipinski definition) is 3. The zero-order valence-electron chi connectivity index (χ0n) is 17.5. The molecule has 0 aliphatic heterocycles. The third-order valence-corrected chi connectivity index (χ3v) is 4.35. The molecule has 0 aliphatic carbocycles. The SMILES string of the molecule is CC(C)(C)OC(=O)CC(CN)Nc1ccc(C#N)c(Cl)c1.O=[N+]([O-])c1ccccc1S. The Morgan fingerprint density at radius 3 is 2.45 bits per heavy atom. The lowest BCUT2D eigenvalue weighted by atomic mass is 10.1. The van der Waals surface area contributed by atoms with Gasteiger partial charge < -0.3 is 15.8 Å². The Balaban J connectivity index is 0.000000399. The van der Waals surface area contributed by atoms with Gasteiger partial charge in [0.2, 0.25) is 0 Å². The Kier molecular flexibility index (Phi) is 10.3. The van der Waals surface area contributed by atoms with Crippen LogP contribution in [0.5, 0.6) is 0 Å². The summed E-state index contributed by atoms with van der Waals surface area (Å²) < 4.78 is 5.26. The van der Waals surface area contributed by atoms with E-state index in [1.165, 1.54) is 6.07 Å². The lowest BCUT2D eigenvalue weighted by molar-refractivity contribution is -0.387. The minimum Gasteiger partial charge on any atom is -0.460 e. The van der Waals surface area contributed by atoms with Gasteiger partial charge in [-0.05, 0) is 45.0 Å². The molecular formula is C21H25ClN4O4S. The molecule has 31 heavy (non-hydrogen) atoms. The van der Waals surface area contributed by atoms with Crippen molar-refractivity contribution in [2.24, 2.45) is 5.73 Å². The zero-order valence-corrected chi connectivity index (χ0v) is 19.1. The van der Waals surface area contributed by atoms with Crippen LogP contribution in [0.25, 0.3) is 0 Å². The fourth-order valence-electron chi connectivity index (χ4n) is 2.33. The molecule has 10 heteroatoms. The van der Waals surface area contributed by atoms with Crippen LogP contribution in [0.1, 0.15) is 32.8 Å². The quantitative estimate of drug-likeness (QED) is 0.247. The minimum absolute atomic E-state index is 0.0471. The van der Waals surface area contributed by atoms with Gasteiger partial charge in [-0.25, -0.2) is 0 Å². The first-order chi connectivity index (χ1) is 14.5. The number of nitrogens with one attached hydrogen (secondary N) is 1. The highest BCUT2D eigenvalue weighted by Crippen LogP contribution is 2.22. The molecule has 0 fully saturated rings. The topological polar surface area (TPSA) is 131 Å². The molecule has 8 nitrogen and oxygen atoms in total. The minimum atomic E-state index is -0.520. The number of carbonyl (C=O) groups is 1. The number of thiol groups is 1. The van der Waals surface area contributed by atoms with Crippen molar-refractivity contribution in [3.63, 3.8) is 0 Å². The molecule has 0 spiro atoms. The summed E-state index contributed by atoms with van der Waals surface area (Å²) in [7, 11) is 0. The number of para-hydroxylation sites is 1. The fraction of sp³-hybridized carbons (Fsp3) is 0.333. The van der Waals surface area contributed by atoms with Crippen LogP contribution in [-0.2, 0) is 9.53 Å².